The molecule has 2 fully saturated rings. The van der Waals surface area contributed by atoms with Gasteiger partial charge in [0.25, 0.3) is 0 Å². The summed E-state index contributed by atoms with van der Waals surface area (Å²) in [4.78, 5) is 10.8. The normalized spacial score (nSPS) is 36.7. The van der Waals surface area contributed by atoms with Crippen LogP contribution in [-0.2, 0) is 14.3 Å². The minimum atomic E-state index is -0.846. The monoisotopic (exact) mass is 256 g/mol. The van der Waals surface area contributed by atoms with Crippen molar-refractivity contribution in [2.75, 3.05) is 6.61 Å². The number of ether oxygens (including phenoxy) is 2. The predicted octanol–water partition coefficient (Wildman–Crippen LogP) is 2.60. The lowest BCUT2D eigenvalue weighted by atomic mass is 9.85. The smallest absolute Gasteiger partial charge is 0.332 e. The van der Waals surface area contributed by atoms with E-state index in [4.69, 9.17) is 14.6 Å². The van der Waals surface area contributed by atoms with Crippen molar-refractivity contribution in [1.82, 2.24) is 0 Å². The van der Waals surface area contributed by atoms with Crippen LogP contribution in [-0.4, -0.2) is 36.0 Å². The molecule has 1 heterocycles. The number of carbonyl (C=O) groups is 1. The van der Waals surface area contributed by atoms with E-state index in [0.717, 1.165) is 25.2 Å². The van der Waals surface area contributed by atoms with E-state index >= 15 is 0 Å². The van der Waals surface area contributed by atoms with Gasteiger partial charge < -0.3 is 14.6 Å². The molecule has 1 aliphatic carbocycles. The number of rotatable bonds is 5. The highest BCUT2D eigenvalue weighted by molar-refractivity contribution is 5.72. The molecule has 1 aliphatic heterocycles. The fourth-order valence-electron chi connectivity index (χ4n) is 3.02. The van der Waals surface area contributed by atoms with E-state index < -0.39 is 12.1 Å². The Bertz CT molecular complexity index is 279. The summed E-state index contributed by atoms with van der Waals surface area (Å²) in [5.41, 5.74) is 0. The maximum Gasteiger partial charge on any atom is 0.332 e. The zero-order chi connectivity index (χ0) is 13.0. The van der Waals surface area contributed by atoms with Gasteiger partial charge in [0.1, 0.15) is 0 Å². The lowest BCUT2D eigenvalue weighted by Gasteiger charge is -2.29. The molecule has 4 nitrogen and oxygen atoms in total. The minimum absolute atomic E-state index is 0.0203. The number of carboxylic acid groups (broad SMARTS) is 1. The average molecular weight is 256 g/mol. The van der Waals surface area contributed by atoms with Crippen LogP contribution < -0.4 is 0 Å². The molecule has 2 rings (SSSR count). The Morgan fingerprint density at radius 1 is 1.33 bits per heavy atom. The molecule has 0 aromatic rings. The summed E-state index contributed by atoms with van der Waals surface area (Å²) in [6.07, 6.45) is 7.27. The molecule has 0 spiro atoms. The van der Waals surface area contributed by atoms with Crippen molar-refractivity contribution in [3.05, 3.63) is 0 Å². The van der Waals surface area contributed by atoms with Crippen LogP contribution in [0.2, 0.25) is 0 Å². The number of hydrogen-bond acceptors (Lipinski definition) is 3. The quantitative estimate of drug-likeness (QED) is 0.821. The van der Waals surface area contributed by atoms with E-state index in [1.807, 2.05) is 0 Å². The second-order valence-electron chi connectivity index (χ2n) is 5.56. The summed E-state index contributed by atoms with van der Waals surface area (Å²) < 4.78 is 11.4. The molecule has 104 valence electrons. The topological polar surface area (TPSA) is 55.8 Å². The predicted molar refractivity (Wildman–Crippen MR) is 67.5 cm³/mol. The van der Waals surface area contributed by atoms with Gasteiger partial charge in [0.15, 0.2) is 6.10 Å². The van der Waals surface area contributed by atoms with Crippen molar-refractivity contribution < 1.29 is 19.4 Å². The van der Waals surface area contributed by atoms with Crippen molar-refractivity contribution in [3.8, 4) is 0 Å². The van der Waals surface area contributed by atoms with Gasteiger partial charge in [-0.05, 0) is 31.6 Å². The second-order valence-corrected chi connectivity index (χ2v) is 5.56. The fraction of sp³-hybridized carbons (Fsp3) is 0.929. The van der Waals surface area contributed by atoms with Gasteiger partial charge in [-0.2, -0.15) is 0 Å². The standard InChI is InChI=1S/C14H24O4/c1-2-10-4-3-5-11(8-10)17-9-12-6-7-13(18-12)14(15)16/h10-13H,2-9H2,1H3,(H,15,16). The third-order valence-electron chi connectivity index (χ3n) is 4.21. The molecule has 2 aliphatic rings. The van der Waals surface area contributed by atoms with Crippen LogP contribution in [0.3, 0.4) is 0 Å². The number of aliphatic carboxylic acids is 1. The van der Waals surface area contributed by atoms with Crippen LogP contribution in [0.25, 0.3) is 0 Å². The van der Waals surface area contributed by atoms with Gasteiger partial charge in [-0.15, -0.1) is 0 Å². The van der Waals surface area contributed by atoms with Crippen molar-refractivity contribution in [2.45, 2.75) is 70.2 Å². The Hall–Kier alpha value is -0.610. The highest BCUT2D eigenvalue weighted by atomic mass is 16.6. The summed E-state index contributed by atoms with van der Waals surface area (Å²) >= 11 is 0. The van der Waals surface area contributed by atoms with Crippen LogP contribution in [0.15, 0.2) is 0 Å². The highest BCUT2D eigenvalue weighted by Crippen LogP contribution is 2.29. The van der Waals surface area contributed by atoms with Gasteiger partial charge in [-0.1, -0.05) is 26.2 Å². The molecule has 18 heavy (non-hydrogen) atoms. The molecule has 0 aromatic carbocycles. The van der Waals surface area contributed by atoms with E-state index in [9.17, 15) is 4.79 Å². The molecule has 4 unspecified atom stereocenters. The van der Waals surface area contributed by atoms with E-state index in [1.54, 1.807) is 0 Å². The van der Waals surface area contributed by atoms with Gasteiger partial charge in [0.2, 0.25) is 0 Å². The molecular formula is C14H24O4. The molecule has 1 N–H and O–H groups in total. The first-order chi connectivity index (χ1) is 8.69. The van der Waals surface area contributed by atoms with Crippen LogP contribution in [0.5, 0.6) is 0 Å². The molecule has 1 saturated heterocycles. The van der Waals surface area contributed by atoms with E-state index in [-0.39, 0.29) is 6.10 Å². The summed E-state index contributed by atoms with van der Waals surface area (Å²) in [6, 6.07) is 0. The molecule has 1 saturated carbocycles. The van der Waals surface area contributed by atoms with Crippen molar-refractivity contribution in [3.63, 3.8) is 0 Å². The first-order valence-electron chi connectivity index (χ1n) is 7.19. The van der Waals surface area contributed by atoms with Crippen molar-refractivity contribution in [1.29, 1.82) is 0 Å². The Morgan fingerprint density at radius 2 is 2.17 bits per heavy atom. The summed E-state index contributed by atoms with van der Waals surface area (Å²) in [5, 5.41) is 8.85. The van der Waals surface area contributed by atoms with Crippen molar-refractivity contribution >= 4 is 5.97 Å². The van der Waals surface area contributed by atoms with E-state index in [2.05, 4.69) is 6.92 Å². The number of hydrogen-bond donors (Lipinski definition) is 1. The largest absolute Gasteiger partial charge is 0.479 e. The van der Waals surface area contributed by atoms with Gasteiger partial charge in [0.05, 0.1) is 18.8 Å². The molecular weight excluding hydrogens is 232 g/mol. The Labute approximate surface area is 109 Å². The average Bonchev–Trinajstić information content (AvgIpc) is 2.85. The molecule has 0 radical (unpaired) electrons. The van der Waals surface area contributed by atoms with Gasteiger partial charge in [-0.25, -0.2) is 4.79 Å². The highest BCUT2D eigenvalue weighted by Gasteiger charge is 2.31. The van der Waals surface area contributed by atoms with E-state index in [0.29, 0.717) is 19.1 Å². The summed E-state index contributed by atoms with van der Waals surface area (Å²) in [6.45, 7) is 2.80. The second kappa shape index (κ2) is 6.53. The minimum Gasteiger partial charge on any atom is -0.479 e. The van der Waals surface area contributed by atoms with Crippen LogP contribution in [0.4, 0.5) is 0 Å². The lowest BCUT2D eigenvalue weighted by Crippen LogP contribution is -2.28. The van der Waals surface area contributed by atoms with Crippen LogP contribution in [0, 0.1) is 5.92 Å². The third kappa shape index (κ3) is 3.69. The zero-order valence-corrected chi connectivity index (χ0v) is 11.1. The molecule has 0 aromatic heterocycles. The lowest BCUT2D eigenvalue weighted by molar-refractivity contribution is -0.151. The third-order valence-corrected chi connectivity index (χ3v) is 4.21. The summed E-state index contributed by atoms with van der Waals surface area (Å²) in [5.74, 6) is -0.0405. The van der Waals surface area contributed by atoms with Crippen LogP contribution in [0.1, 0.15) is 51.9 Å². The Morgan fingerprint density at radius 3 is 2.83 bits per heavy atom. The Balaban J connectivity index is 1.67. The van der Waals surface area contributed by atoms with Crippen molar-refractivity contribution in [2.24, 2.45) is 5.92 Å². The van der Waals surface area contributed by atoms with Gasteiger partial charge in [-0.3, -0.25) is 0 Å². The van der Waals surface area contributed by atoms with E-state index in [1.165, 1.54) is 19.3 Å². The molecule has 4 heteroatoms. The fourth-order valence-corrected chi connectivity index (χ4v) is 3.02. The Kier molecular flexibility index (Phi) is 5.01. The molecule has 4 atom stereocenters. The number of carboxylic acids is 1. The first kappa shape index (κ1) is 13.8. The molecule has 0 bridgehead atoms. The maximum atomic E-state index is 10.8. The van der Waals surface area contributed by atoms with Crippen LogP contribution >= 0.6 is 0 Å². The first-order valence-corrected chi connectivity index (χ1v) is 7.19. The van der Waals surface area contributed by atoms with Gasteiger partial charge >= 0.3 is 5.97 Å². The van der Waals surface area contributed by atoms with Gasteiger partial charge in [0, 0.05) is 0 Å². The molecule has 0 amide bonds. The summed E-state index contributed by atoms with van der Waals surface area (Å²) in [7, 11) is 0. The maximum absolute atomic E-state index is 10.8. The SMILES string of the molecule is CCC1CCCC(OCC2CCC(C(=O)O)O2)C1. The zero-order valence-electron chi connectivity index (χ0n) is 11.1.